The van der Waals surface area contributed by atoms with Gasteiger partial charge in [-0.2, -0.15) is 0 Å². The monoisotopic (exact) mass is 663 g/mol. The fourth-order valence-corrected chi connectivity index (χ4v) is 7.79. The predicted molar refractivity (Wildman–Crippen MR) is 220 cm³/mol. The molecule has 0 bridgehead atoms. The number of para-hydroxylation sites is 2. The molecule has 0 aliphatic heterocycles. The number of furan rings is 1. The maximum Gasteiger partial charge on any atom is 0.159 e. The Morgan fingerprint density at radius 3 is 1.71 bits per heavy atom. The summed E-state index contributed by atoms with van der Waals surface area (Å²) in [6, 6.07) is 71.7. The summed E-state index contributed by atoms with van der Waals surface area (Å²) in [5.41, 5.74) is 12.1. The number of nitrogens with zero attached hydrogens (tertiary/aromatic N) is 1. The maximum absolute atomic E-state index is 6.68. The molecule has 0 saturated carbocycles. The average Bonchev–Trinajstić information content (AvgIpc) is 3.61. The van der Waals surface area contributed by atoms with E-state index in [1.165, 1.54) is 49.4 Å². The minimum Gasteiger partial charge on any atom is -0.454 e. The third kappa shape index (κ3) is 5.04. The number of benzene rings is 9. The van der Waals surface area contributed by atoms with Crippen LogP contribution in [0.3, 0.4) is 0 Å². The largest absolute Gasteiger partial charge is 0.454 e. The van der Waals surface area contributed by atoms with Crippen LogP contribution < -0.4 is 4.90 Å². The van der Waals surface area contributed by atoms with Crippen molar-refractivity contribution in [3.05, 3.63) is 200 Å². The zero-order valence-electron chi connectivity index (χ0n) is 28.4. The smallest absolute Gasteiger partial charge is 0.159 e. The summed E-state index contributed by atoms with van der Waals surface area (Å²) in [5, 5.41) is 7.06. The van der Waals surface area contributed by atoms with Crippen LogP contribution in [0.4, 0.5) is 17.1 Å². The molecular weight excluding hydrogens is 631 g/mol. The number of hydrogen-bond donors (Lipinski definition) is 0. The lowest BCUT2D eigenvalue weighted by atomic mass is 9.91. The van der Waals surface area contributed by atoms with Crippen LogP contribution in [-0.2, 0) is 0 Å². The third-order valence-electron chi connectivity index (χ3n) is 10.3. The van der Waals surface area contributed by atoms with E-state index < -0.39 is 0 Å². The highest BCUT2D eigenvalue weighted by Gasteiger charge is 2.22. The van der Waals surface area contributed by atoms with Crippen molar-refractivity contribution >= 4 is 60.5 Å². The highest BCUT2D eigenvalue weighted by molar-refractivity contribution is 6.16. The summed E-state index contributed by atoms with van der Waals surface area (Å²) in [6.45, 7) is 0. The SMILES string of the molecule is c1ccc(-c2ccc(-c3ccccc3)c(-c3ccc(N(c4cc5ccccc5c5ccccc45)c4cccc5c4oc4ccccc45)cc3)c2)cc1. The van der Waals surface area contributed by atoms with Gasteiger partial charge < -0.3 is 9.32 Å². The molecule has 244 valence electrons. The maximum atomic E-state index is 6.68. The minimum atomic E-state index is 0.868. The third-order valence-corrected chi connectivity index (χ3v) is 10.3. The molecule has 10 aromatic rings. The Bertz CT molecular complexity index is 2890. The van der Waals surface area contributed by atoms with Crippen molar-refractivity contribution in [2.75, 3.05) is 4.90 Å². The van der Waals surface area contributed by atoms with E-state index in [0.29, 0.717) is 0 Å². The van der Waals surface area contributed by atoms with Crippen LogP contribution in [0.5, 0.6) is 0 Å². The summed E-state index contributed by atoms with van der Waals surface area (Å²) in [7, 11) is 0. The molecule has 0 aliphatic carbocycles. The van der Waals surface area contributed by atoms with Crippen LogP contribution in [0.25, 0.3) is 76.9 Å². The van der Waals surface area contributed by atoms with Crippen molar-refractivity contribution < 1.29 is 4.42 Å². The highest BCUT2D eigenvalue weighted by Crippen LogP contribution is 2.46. The highest BCUT2D eigenvalue weighted by atomic mass is 16.3. The van der Waals surface area contributed by atoms with Crippen LogP contribution in [0.15, 0.2) is 205 Å². The second kappa shape index (κ2) is 12.5. The Morgan fingerprint density at radius 1 is 0.327 bits per heavy atom. The van der Waals surface area contributed by atoms with Gasteiger partial charge in [-0.15, -0.1) is 0 Å². The van der Waals surface area contributed by atoms with Crippen molar-refractivity contribution in [2.24, 2.45) is 0 Å². The molecule has 0 aliphatic rings. The van der Waals surface area contributed by atoms with Gasteiger partial charge in [-0.25, -0.2) is 0 Å². The quantitative estimate of drug-likeness (QED) is 0.165. The van der Waals surface area contributed by atoms with Crippen molar-refractivity contribution in [1.29, 1.82) is 0 Å². The first-order valence-corrected chi connectivity index (χ1v) is 17.8. The van der Waals surface area contributed by atoms with E-state index in [0.717, 1.165) is 44.6 Å². The molecule has 1 heterocycles. The van der Waals surface area contributed by atoms with Gasteiger partial charge >= 0.3 is 0 Å². The average molecular weight is 664 g/mol. The second-order valence-corrected chi connectivity index (χ2v) is 13.3. The molecule has 2 heteroatoms. The van der Waals surface area contributed by atoms with Gasteiger partial charge in [0.25, 0.3) is 0 Å². The first-order valence-electron chi connectivity index (χ1n) is 17.8. The molecule has 0 amide bonds. The van der Waals surface area contributed by atoms with E-state index in [1.807, 2.05) is 6.07 Å². The van der Waals surface area contributed by atoms with Crippen molar-refractivity contribution in [2.45, 2.75) is 0 Å². The van der Waals surface area contributed by atoms with E-state index >= 15 is 0 Å². The van der Waals surface area contributed by atoms with E-state index in [-0.39, 0.29) is 0 Å². The molecule has 9 aromatic carbocycles. The van der Waals surface area contributed by atoms with Crippen LogP contribution in [0.1, 0.15) is 0 Å². The Kier molecular flexibility index (Phi) is 7.18. The molecular formula is C50H33NO. The van der Waals surface area contributed by atoms with E-state index in [4.69, 9.17) is 4.42 Å². The normalized spacial score (nSPS) is 11.5. The fraction of sp³-hybridized carbons (Fsp3) is 0. The van der Waals surface area contributed by atoms with Crippen LogP contribution >= 0.6 is 0 Å². The van der Waals surface area contributed by atoms with Crippen LogP contribution in [-0.4, -0.2) is 0 Å². The van der Waals surface area contributed by atoms with Crippen LogP contribution in [0.2, 0.25) is 0 Å². The number of fused-ring (bicyclic) bond motifs is 6. The van der Waals surface area contributed by atoms with Gasteiger partial charge in [0.05, 0.1) is 11.4 Å². The molecule has 0 saturated heterocycles. The Morgan fingerprint density at radius 2 is 0.923 bits per heavy atom. The van der Waals surface area contributed by atoms with Crippen molar-refractivity contribution in [3.63, 3.8) is 0 Å². The molecule has 0 unspecified atom stereocenters. The summed E-state index contributed by atoms with van der Waals surface area (Å²) in [6.07, 6.45) is 0. The second-order valence-electron chi connectivity index (χ2n) is 13.3. The Balaban J connectivity index is 1.20. The minimum absolute atomic E-state index is 0.868. The Labute approximate surface area is 302 Å². The molecule has 2 nitrogen and oxygen atoms in total. The number of rotatable bonds is 6. The number of anilines is 3. The molecule has 10 rings (SSSR count). The first-order chi connectivity index (χ1) is 25.8. The lowest BCUT2D eigenvalue weighted by Crippen LogP contribution is -2.11. The zero-order valence-corrected chi connectivity index (χ0v) is 28.4. The summed E-state index contributed by atoms with van der Waals surface area (Å²) in [4.78, 5) is 2.38. The van der Waals surface area contributed by atoms with Crippen molar-refractivity contribution in [3.8, 4) is 33.4 Å². The molecule has 0 radical (unpaired) electrons. The van der Waals surface area contributed by atoms with Gasteiger partial charge in [0.15, 0.2) is 5.58 Å². The van der Waals surface area contributed by atoms with Gasteiger partial charge in [-0.3, -0.25) is 0 Å². The van der Waals surface area contributed by atoms with Gasteiger partial charge in [0.1, 0.15) is 5.58 Å². The molecule has 52 heavy (non-hydrogen) atoms. The van der Waals surface area contributed by atoms with Gasteiger partial charge in [-0.05, 0) is 85.9 Å². The molecule has 1 aromatic heterocycles. The lowest BCUT2D eigenvalue weighted by Gasteiger charge is -2.28. The molecule has 0 fully saturated rings. The van der Waals surface area contributed by atoms with E-state index in [9.17, 15) is 0 Å². The summed E-state index contributed by atoms with van der Waals surface area (Å²) < 4.78 is 6.68. The lowest BCUT2D eigenvalue weighted by molar-refractivity contribution is 0.669. The fourth-order valence-electron chi connectivity index (χ4n) is 7.79. The van der Waals surface area contributed by atoms with Gasteiger partial charge in [0, 0.05) is 21.8 Å². The van der Waals surface area contributed by atoms with Crippen molar-refractivity contribution in [1.82, 2.24) is 0 Å². The van der Waals surface area contributed by atoms with Gasteiger partial charge in [0.2, 0.25) is 0 Å². The molecule has 0 spiro atoms. The summed E-state index contributed by atoms with van der Waals surface area (Å²) >= 11 is 0. The predicted octanol–water partition coefficient (Wildman–Crippen LogP) is 14.4. The van der Waals surface area contributed by atoms with E-state index in [2.05, 4.69) is 199 Å². The molecule has 0 N–H and O–H groups in total. The molecule has 0 atom stereocenters. The van der Waals surface area contributed by atoms with Gasteiger partial charge in [-0.1, -0.05) is 164 Å². The summed E-state index contributed by atoms with van der Waals surface area (Å²) in [5.74, 6) is 0. The van der Waals surface area contributed by atoms with E-state index in [1.54, 1.807) is 0 Å². The number of hydrogen-bond acceptors (Lipinski definition) is 2. The van der Waals surface area contributed by atoms with Crippen LogP contribution in [0, 0.1) is 0 Å². The first kappa shape index (κ1) is 30.0. The Hall–Kier alpha value is -6.90. The topological polar surface area (TPSA) is 16.4 Å². The standard InChI is InChI=1S/C50H33NO/c1-3-14-34(15-4-1)37-28-31-41(35-16-5-2-6-17-35)46(32-37)36-26-29-39(30-27-36)51(47-24-13-23-45-44-22-11-12-25-49(44)52-50(45)47)48-33-38-18-7-8-19-40(38)42-20-9-10-21-43(42)48/h1-33H. The zero-order chi connectivity index (χ0) is 34.4.